The molecule has 10 nitrogen and oxygen atoms in total. The Morgan fingerprint density at radius 2 is 1.89 bits per heavy atom. The van der Waals surface area contributed by atoms with E-state index in [9.17, 15) is 23.2 Å². The van der Waals surface area contributed by atoms with Gasteiger partial charge in [-0.25, -0.2) is 24.7 Å². The van der Waals surface area contributed by atoms with Crippen molar-refractivity contribution in [2.45, 2.75) is 64.9 Å². The van der Waals surface area contributed by atoms with Gasteiger partial charge in [-0.3, -0.25) is 4.57 Å². The maximum atomic E-state index is 13.6. The van der Waals surface area contributed by atoms with Gasteiger partial charge in [-0.05, 0) is 46.2 Å². The zero-order chi connectivity index (χ0) is 27.1. The molecule has 37 heavy (non-hydrogen) atoms. The van der Waals surface area contributed by atoms with E-state index in [1.54, 1.807) is 25.7 Å². The summed E-state index contributed by atoms with van der Waals surface area (Å²) in [5.74, 6) is 0.348. The van der Waals surface area contributed by atoms with Gasteiger partial charge < -0.3 is 14.5 Å². The van der Waals surface area contributed by atoms with Crippen LogP contribution in [0.1, 0.15) is 45.9 Å². The Bertz CT molecular complexity index is 1360. The van der Waals surface area contributed by atoms with Gasteiger partial charge >= 0.3 is 12.3 Å². The fraction of sp³-hybridized carbons (Fsp3) is 0.500. The molecular weight excluding hydrogens is 489 g/mol. The van der Waals surface area contributed by atoms with Crippen LogP contribution in [-0.4, -0.2) is 72.4 Å². The Morgan fingerprint density at radius 1 is 1.16 bits per heavy atom. The molecule has 0 unspecified atom stereocenters. The second-order valence-electron chi connectivity index (χ2n) is 10.0. The summed E-state index contributed by atoms with van der Waals surface area (Å²) in [6, 6.07) is 2.74. The number of halogens is 3. The minimum Gasteiger partial charge on any atom is -0.444 e. The lowest BCUT2D eigenvalue weighted by atomic mass is 10.1. The number of amides is 1. The van der Waals surface area contributed by atoms with E-state index in [1.807, 2.05) is 24.8 Å². The maximum absolute atomic E-state index is 13.6. The van der Waals surface area contributed by atoms with Crippen LogP contribution in [0, 0.1) is 11.3 Å². The topological polar surface area (TPSA) is 113 Å². The lowest BCUT2D eigenvalue weighted by Gasteiger charge is -2.44. The van der Waals surface area contributed by atoms with Gasteiger partial charge in [0, 0.05) is 37.6 Å². The molecule has 0 bridgehead atoms. The van der Waals surface area contributed by atoms with Crippen molar-refractivity contribution in [1.29, 1.82) is 5.26 Å². The van der Waals surface area contributed by atoms with Gasteiger partial charge in [0.1, 0.15) is 29.5 Å². The molecule has 196 valence electrons. The highest BCUT2D eigenvalue weighted by atomic mass is 19.4. The van der Waals surface area contributed by atoms with E-state index in [2.05, 4.69) is 19.9 Å². The predicted octanol–water partition coefficient (Wildman–Crippen LogP) is 4.02. The van der Waals surface area contributed by atoms with E-state index >= 15 is 0 Å². The van der Waals surface area contributed by atoms with Crippen LogP contribution >= 0.6 is 0 Å². The molecular formula is C24H27F3N8O2. The summed E-state index contributed by atoms with van der Waals surface area (Å²) in [6.45, 7) is 9.70. The molecule has 1 amide bonds. The standard InChI is InChI=1S/C24H27F3N8O2/c1-14-11-34(22(36)37-23(3,4)5)15(2)10-33(14)19-18-16(8-24(25,26)27)12-35(20(18)31-13-30-19)21-29-7-6-17(9-28)32-21/h6-7,12-15H,8,10-11H2,1-5H3/t14-,15+/m0/s1. The minimum atomic E-state index is -4.49. The van der Waals surface area contributed by atoms with E-state index in [-0.39, 0.29) is 40.3 Å². The van der Waals surface area contributed by atoms with Gasteiger partial charge in [0.25, 0.3) is 0 Å². The molecule has 3 aromatic heterocycles. The smallest absolute Gasteiger partial charge is 0.410 e. The number of fused-ring (bicyclic) bond motifs is 1. The number of hydrogen-bond donors (Lipinski definition) is 0. The predicted molar refractivity (Wildman–Crippen MR) is 128 cm³/mol. The zero-order valence-electron chi connectivity index (χ0n) is 21.1. The van der Waals surface area contributed by atoms with Crippen LogP contribution in [0.4, 0.5) is 23.8 Å². The van der Waals surface area contributed by atoms with Crippen molar-refractivity contribution in [2.24, 2.45) is 0 Å². The molecule has 1 fully saturated rings. The number of aromatic nitrogens is 5. The first-order chi connectivity index (χ1) is 17.3. The first-order valence-corrected chi connectivity index (χ1v) is 11.7. The molecule has 0 spiro atoms. The van der Waals surface area contributed by atoms with Gasteiger partial charge in [0.15, 0.2) is 5.65 Å². The van der Waals surface area contributed by atoms with Gasteiger partial charge in [0.05, 0.1) is 11.8 Å². The number of ether oxygens (including phenoxy) is 1. The molecule has 0 radical (unpaired) electrons. The summed E-state index contributed by atoms with van der Waals surface area (Å²) >= 11 is 0. The molecule has 1 aliphatic rings. The second-order valence-corrected chi connectivity index (χ2v) is 10.0. The number of rotatable bonds is 3. The molecule has 3 aromatic rings. The fourth-order valence-corrected chi connectivity index (χ4v) is 4.36. The van der Waals surface area contributed by atoms with Gasteiger partial charge in [0.2, 0.25) is 5.95 Å². The normalized spacial score (nSPS) is 18.7. The molecule has 0 aliphatic carbocycles. The summed E-state index contributed by atoms with van der Waals surface area (Å²) in [6.07, 6.45) is -2.22. The van der Waals surface area contributed by atoms with Crippen LogP contribution in [-0.2, 0) is 11.2 Å². The molecule has 4 heterocycles. The van der Waals surface area contributed by atoms with Crippen LogP contribution in [0.15, 0.2) is 24.8 Å². The van der Waals surface area contributed by atoms with Crippen LogP contribution in [0.5, 0.6) is 0 Å². The number of hydrogen-bond acceptors (Lipinski definition) is 8. The highest BCUT2D eigenvalue weighted by molar-refractivity contribution is 5.92. The van der Waals surface area contributed by atoms with Gasteiger partial charge in [-0.1, -0.05) is 0 Å². The Morgan fingerprint density at radius 3 is 2.54 bits per heavy atom. The number of nitrogens with zero attached hydrogens (tertiary/aromatic N) is 8. The van der Waals surface area contributed by atoms with Crippen molar-refractivity contribution >= 4 is 22.9 Å². The van der Waals surface area contributed by atoms with Crippen molar-refractivity contribution < 1.29 is 22.7 Å². The Kier molecular flexibility index (Phi) is 6.70. The fourth-order valence-electron chi connectivity index (χ4n) is 4.36. The van der Waals surface area contributed by atoms with Gasteiger partial charge in [-0.2, -0.15) is 18.4 Å². The first kappa shape index (κ1) is 26.1. The minimum absolute atomic E-state index is 0.0262. The zero-order valence-corrected chi connectivity index (χ0v) is 21.1. The Balaban J connectivity index is 1.78. The maximum Gasteiger partial charge on any atom is 0.410 e. The van der Waals surface area contributed by atoms with E-state index < -0.39 is 24.3 Å². The largest absolute Gasteiger partial charge is 0.444 e. The first-order valence-electron chi connectivity index (χ1n) is 11.7. The summed E-state index contributed by atoms with van der Waals surface area (Å²) in [5.41, 5.74) is -0.442. The summed E-state index contributed by atoms with van der Waals surface area (Å²) in [4.78, 5) is 33.1. The monoisotopic (exact) mass is 516 g/mol. The van der Waals surface area contributed by atoms with Crippen molar-refractivity contribution in [3.05, 3.63) is 36.0 Å². The molecule has 1 aliphatic heterocycles. The molecule has 4 rings (SSSR count). The van der Waals surface area contributed by atoms with E-state index in [4.69, 9.17) is 4.74 Å². The molecule has 13 heteroatoms. The summed E-state index contributed by atoms with van der Waals surface area (Å²) < 4.78 is 47.6. The van der Waals surface area contributed by atoms with Crippen molar-refractivity contribution in [3.63, 3.8) is 0 Å². The van der Waals surface area contributed by atoms with Crippen molar-refractivity contribution in [1.82, 2.24) is 29.4 Å². The molecule has 0 N–H and O–H groups in total. The highest BCUT2D eigenvalue weighted by Crippen LogP contribution is 2.35. The van der Waals surface area contributed by atoms with Crippen molar-refractivity contribution in [2.75, 3.05) is 18.0 Å². The third-order valence-electron chi connectivity index (χ3n) is 5.89. The lowest BCUT2D eigenvalue weighted by Crippen LogP contribution is -2.59. The third-order valence-corrected chi connectivity index (χ3v) is 5.89. The van der Waals surface area contributed by atoms with Crippen LogP contribution < -0.4 is 4.90 Å². The van der Waals surface area contributed by atoms with Crippen molar-refractivity contribution in [3.8, 4) is 12.0 Å². The lowest BCUT2D eigenvalue weighted by molar-refractivity contribution is -0.127. The third kappa shape index (κ3) is 5.58. The SMILES string of the molecule is C[C@@H]1CN(c2ncnc3c2c(CC(F)(F)F)cn3-c2nccc(C#N)n2)[C@@H](C)CN1C(=O)OC(C)(C)C. The van der Waals surface area contributed by atoms with Gasteiger partial charge in [-0.15, -0.1) is 0 Å². The molecule has 2 atom stereocenters. The summed E-state index contributed by atoms with van der Waals surface area (Å²) in [5, 5.41) is 9.42. The Hall–Kier alpha value is -3.95. The molecule has 0 aromatic carbocycles. The van der Waals surface area contributed by atoms with Crippen LogP contribution in [0.25, 0.3) is 17.0 Å². The summed E-state index contributed by atoms with van der Waals surface area (Å²) in [7, 11) is 0. The Labute approximate surface area is 211 Å². The van der Waals surface area contributed by atoms with Crippen LogP contribution in [0.3, 0.4) is 0 Å². The highest BCUT2D eigenvalue weighted by Gasteiger charge is 2.37. The second kappa shape index (κ2) is 9.49. The van der Waals surface area contributed by atoms with E-state index in [1.165, 1.54) is 29.4 Å². The number of nitriles is 1. The average molecular weight is 517 g/mol. The number of piperazine rings is 1. The van der Waals surface area contributed by atoms with E-state index in [0.717, 1.165) is 0 Å². The quantitative estimate of drug-likeness (QED) is 0.513. The number of anilines is 1. The number of carbonyl (C=O) groups excluding carboxylic acids is 1. The number of alkyl halides is 3. The number of carbonyl (C=O) groups is 1. The average Bonchev–Trinajstić information content (AvgIpc) is 3.16. The van der Waals surface area contributed by atoms with E-state index in [0.29, 0.717) is 18.9 Å². The molecule has 1 saturated heterocycles. The molecule has 0 saturated carbocycles. The van der Waals surface area contributed by atoms with Crippen LogP contribution in [0.2, 0.25) is 0 Å².